The molecule has 1 aromatic rings. The number of halogens is 2. The van der Waals surface area contributed by atoms with Crippen LogP contribution in [0, 0.1) is 6.92 Å². The molecule has 0 spiro atoms. The van der Waals surface area contributed by atoms with E-state index in [0.29, 0.717) is 21.8 Å². The number of aryl methyl sites for hydroxylation is 1. The van der Waals surface area contributed by atoms with Gasteiger partial charge in [0.25, 0.3) is 0 Å². The number of pyridine rings is 1. The molecule has 0 aliphatic rings. The maximum atomic E-state index is 11.0. The number of alkyl halides is 1. The SMILES string of the molecule is Cc1ncc(CO)c(CNC(=O)CCl)c1Cl. The van der Waals surface area contributed by atoms with Gasteiger partial charge >= 0.3 is 0 Å². The van der Waals surface area contributed by atoms with E-state index in [-0.39, 0.29) is 24.9 Å². The van der Waals surface area contributed by atoms with Crippen LogP contribution in [0.2, 0.25) is 5.02 Å². The zero-order valence-corrected chi connectivity index (χ0v) is 10.3. The van der Waals surface area contributed by atoms with Crippen molar-refractivity contribution in [3.8, 4) is 0 Å². The Bertz CT molecular complexity index is 397. The van der Waals surface area contributed by atoms with Crippen LogP contribution in [0.25, 0.3) is 0 Å². The maximum Gasteiger partial charge on any atom is 0.235 e. The lowest BCUT2D eigenvalue weighted by molar-refractivity contribution is -0.118. The molecule has 0 saturated heterocycles. The molecule has 0 bridgehead atoms. The standard InChI is InChI=1S/C10H12Cl2N2O2/c1-6-10(12)8(4-14-9(16)2-11)7(5-15)3-13-6/h3,15H,2,4-5H2,1H3,(H,14,16). The summed E-state index contributed by atoms with van der Waals surface area (Å²) in [5, 5.41) is 12.2. The molecule has 1 heterocycles. The fourth-order valence-electron chi connectivity index (χ4n) is 1.23. The van der Waals surface area contributed by atoms with Crippen LogP contribution in [-0.4, -0.2) is 21.9 Å². The second kappa shape index (κ2) is 6.03. The van der Waals surface area contributed by atoms with E-state index in [9.17, 15) is 4.79 Å². The van der Waals surface area contributed by atoms with Gasteiger partial charge in [-0.15, -0.1) is 11.6 Å². The molecule has 1 rings (SSSR count). The van der Waals surface area contributed by atoms with E-state index in [1.165, 1.54) is 0 Å². The summed E-state index contributed by atoms with van der Waals surface area (Å²) in [6.45, 7) is 1.83. The largest absolute Gasteiger partial charge is 0.392 e. The van der Waals surface area contributed by atoms with Crippen LogP contribution >= 0.6 is 23.2 Å². The zero-order chi connectivity index (χ0) is 12.1. The molecule has 1 aromatic heterocycles. The van der Waals surface area contributed by atoms with Crippen LogP contribution in [-0.2, 0) is 17.9 Å². The van der Waals surface area contributed by atoms with Gasteiger partial charge in [-0.25, -0.2) is 0 Å². The summed E-state index contributed by atoms with van der Waals surface area (Å²) in [5.74, 6) is -0.382. The van der Waals surface area contributed by atoms with Gasteiger partial charge in [-0.3, -0.25) is 9.78 Å². The van der Waals surface area contributed by atoms with E-state index in [1.54, 1.807) is 13.1 Å². The van der Waals surface area contributed by atoms with E-state index in [2.05, 4.69) is 10.3 Å². The minimum atomic E-state index is -0.281. The number of nitrogens with one attached hydrogen (secondary N) is 1. The summed E-state index contributed by atoms with van der Waals surface area (Å²) in [5.41, 5.74) is 1.94. The first kappa shape index (κ1) is 13.2. The molecular weight excluding hydrogens is 251 g/mol. The minimum absolute atomic E-state index is 0.101. The van der Waals surface area contributed by atoms with Gasteiger partial charge in [0.15, 0.2) is 0 Å². The van der Waals surface area contributed by atoms with Gasteiger partial charge in [0.05, 0.1) is 17.3 Å². The van der Waals surface area contributed by atoms with Gasteiger partial charge in [0, 0.05) is 18.3 Å². The second-order valence-corrected chi connectivity index (χ2v) is 3.88. The Labute approximate surface area is 104 Å². The normalized spacial score (nSPS) is 10.2. The van der Waals surface area contributed by atoms with Gasteiger partial charge in [0.1, 0.15) is 5.88 Å². The average Bonchev–Trinajstić information content (AvgIpc) is 2.30. The Kier molecular flexibility index (Phi) is 4.99. The maximum absolute atomic E-state index is 11.0. The second-order valence-electron chi connectivity index (χ2n) is 3.23. The molecule has 1 amide bonds. The van der Waals surface area contributed by atoms with Crippen molar-refractivity contribution in [2.75, 3.05) is 5.88 Å². The van der Waals surface area contributed by atoms with Crippen molar-refractivity contribution >= 4 is 29.1 Å². The number of amides is 1. The number of hydrogen-bond donors (Lipinski definition) is 2. The Hall–Kier alpha value is -0.840. The number of rotatable bonds is 4. The van der Waals surface area contributed by atoms with Crippen molar-refractivity contribution in [1.82, 2.24) is 10.3 Å². The number of hydrogen-bond acceptors (Lipinski definition) is 3. The predicted octanol–water partition coefficient (Wildman–Crippen LogP) is 1.39. The zero-order valence-electron chi connectivity index (χ0n) is 8.76. The molecule has 4 nitrogen and oxygen atoms in total. The highest BCUT2D eigenvalue weighted by atomic mass is 35.5. The number of carbonyl (C=O) groups excluding carboxylic acids is 1. The van der Waals surface area contributed by atoms with E-state index >= 15 is 0 Å². The van der Waals surface area contributed by atoms with Gasteiger partial charge in [-0.2, -0.15) is 0 Å². The fourth-order valence-corrected chi connectivity index (χ4v) is 1.56. The summed E-state index contributed by atoms with van der Waals surface area (Å²) in [6.07, 6.45) is 1.55. The van der Waals surface area contributed by atoms with Crippen LogP contribution in [0.3, 0.4) is 0 Å². The molecule has 0 aliphatic heterocycles. The molecule has 0 saturated carbocycles. The molecule has 0 aliphatic carbocycles. The van der Waals surface area contributed by atoms with Gasteiger partial charge in [-0.1, -0.05) is 11.6 Å². The molecule has 0 atom stereocenters. The first-order valence-corrected chi connectivity index (χ1v) is 5.57. The number of aromatic nitrogens is 1. The van der Waals surface area contributed by atoms with E-state index < -0.39 is 0 Å². The molecule has 16 heavy (non-hydrogen) atoms. The van der Waals surface area contributed by atoms with Crippen LogP contribution in [0.5, 0.6) is 0 Å². The smallest absolute Gasteiger partial charge is 0.235 e. The molecule has 0 fully saturated rings. The summed E-state index contributed by atoms with van der Waals surface area (Å²) >= 11 is 11.4. The third-order valence-corrected chi connectivity index (χ3v) is 2.88. The van der Waals surface area contributed by atoms with E-state index in [4.69, 9.17) is 28.3 Å². The average molecular weight is 263 g/mol. The van der Waals surface area contributed by atoms with Gasteiger partial charge in [0.2, 0.25) is 5.91 Å². The van der Waals surface area contributed by atoms with Crippen molar-refractivity contribution in [2.45, 2.75) is 20.1 Å². The topological polar surface area (TPSA) is 62.2 Å². The molecule has 88 valence electrons. The van der Waals surface area contributed by atoms with E-state index in [0.717, 1.165) is 0 Å². The lowest BCUT2D eigenvalue weighted by Gasteiger charge is -2.11. The van der Waals surface area contributed by atoms with E-state index in [1.807, 2.05) is 0 Å². The third kappa shape index (κ3) is 3.07. The minimum Gasteiger partial charge on any atom is -0.392 e. The Balaban J connectivity index is 2.92. The third-order valence-electron chi connectivity index (χ3n) is 2.14. The Morgan fingerprint density at radius 3 is 2.88 bits per heavy atom. The van der Waals surface area contributed by atoms with Crippen molar-refractivity contribution < 1.29 is 9.90 Å². The summed E-state index contributed by atoms with van der Waals surface area (Å²) in [7, 11) is 0. The fraction of sp³-hybridized carbons (Fsp3) is 0.400. The van der Waals surface area contributed by atoms with Crippen molar-refractivity contribution in [2.24, 2.45) is 0 Å². The first-order valence-electron chi connectivity index (χ1n) is 4.66. The van der Waals surface area contributed by atoms with Gasteiger partial charge < -0.3 is 10.4 Å². The van der Waals surface area contributed by atoms with Crippen molar-refractivity contribution in [3.63, 3.8) is 0 Å². The van der Waals surface area contributed by atoms with Crippen LogP contribution in [0.1, 0.15) is 16.8 Å². The number of aliphatic hydroxyl groups excluding tert-OH is 1. The Morgan fingerprint density at radius 2 is 2.31 bits per heavy atom. The summed E-state index contributed by atoms with van der Waals surface area (Å²) < 4.78 is 0. The lowest BCUT2D eigenvalue weighted by atomic mass is 10.1. The summed E-state index contributed by atoms with van der Waals surface area (Å²) in [4.78, 5) is 15.0. The van der Waals surface area contributed by atoms with Crippen LogP contribution in [0.4, 0.5) is 0 Å². The predicted molar refractivity (Wildman–Crippen MR) is 62.5 cm³/mol. The number of nitrogens with zero attached hydrogens (tertiary/aromatic N) is 1. The highest BCUT2D eigenvalue weighted by molar-refractivity contribution is 6.32. The summed E-state index contributed by atoms with van der Waals surface area (Å²) in [6, 6.07) is 0. The number of carbonyl (C=O) groups is 1. The van der Waals surface area contributed by atoms with Gasteiger partial charge in [-0.05, 0) is 12.5 Å². The van der Waals surface area contributed by atoms with Crippen LogP contribution in [0.15, 0.2) is 6.20 Å². The highest BCUT2D eigenvalue weighted by Crippen LogP contribution is 2.22. The Morgan fingerprint density at radius 1 is 1.62 bits per heavy atom. The molecule has 0 aromatic carbocycles. The molecule has 0 radical (unpaired) electrons. The first-order chi connectivity index (χ1) is 7.60. The number of aliphatic hydroxyl groups is 1. The van der Waals surface area contributed by atoms with Crippen molar-refractivity contribution in [3.05, 3.63) is 28.0 Å². The molecule has 6 heteroatoms. The quantitative estimate of drug-likeness (QED) is 0.807. The molecule has 0 unspecified atom stereocenters. The van der Waals surface area contributed by atoms with Crippen LogP contribution < -0.4 is 5.32 Å². The van der Waals surface area contributed by atoms with Crippen molar-refractivity contribution in [1.29, 1.82) is 0 Å². The molecular formula is C10H12Cl2N2O2. The monoisotopic (exact) mass is 262 g/mol. The molecule has 2 N–H and O–H groups in total. The highest BCUT2D eigenvalue weighted by Gasteiger charge is 2.11. The lowest BCUT2D eigenvalue weighted by Crippen LogP contribution is -2.24.